The summed E-state index contributed by atoms with van der Waals surface area (Å²) in [6, 6.07) is 2.78. The van der Waals surface area contributed by atoms with Crippen molar-refractivity contribution < 1.29 is 42.9 Å². The van der Waals surface area contributed by atoms with Gasteiger partial charge in [-0.15, -0.1) is 11.6 Å². The Labute approximate surface area is 320 Å². The van der Waals surface area contributed by atoms with Crippen molar-refractivity contribution in [3.8, 4) is 17.2 Å². The fraction of sp³-hybridized carbons (Fsp3) is 0.634. The van der Waals surface area contributed by atoms with E-state index in [0.29, 0.717) is 36.5 Å². The summed E-state index contributed by atoms with van der Waals surface area (Å²) >= 11 is 7.43. The number of carbonyl (C=O) groups is 4. The summed E-state index contributed by atoms with van der Waals surface area (Å²) in [4.78, 5) is 62.8. The minimum Gasteiger partial charge on any atom is -0.483 e. The van der Waals surface area contributed by atoms with E-state index in [1.54, 1.807) is 32.6 Å². The van der Waals surface area contributed by atoms with Gasteiger partial charge in [0.1, 0.15) is 28.5 Å². The summed E-state index contributed by atoms with van der Waals surface area (Å²) in [6.07, 6.45) is 10.5. The van der Waals surface area contributed by atoms with Gasteiger partial charge in [-0.2, -0.15) is 0 Å². The Morgan fingerprint density at radius 1 is 1.06 bits per heavy atom. The number of esters is 2. The topological polar surface area (TPSA) is 143 Å². The quantitative estimate of drug-likeness (QED) is 0.202. The second-order valence-corrected chi connectivity index (χ2v) is 17.4. The molecular formula is C41H50ClN3O9. The van der Waals surface area contributed by atoms with Gasteiger partial charge in [0.2, 0.25) is 18.6 Å². The maximum absolute atomic E-state index is 14.9. The fourth-order valence-electron chi connectivity index (χ4n) is 8.84. The van der Waals surface area contributed by atoms with Crippen LogP contribution in [0.5, 0.6) is 17.2 Å². The number of halogens is 1. The molecule has 1 unspecified atom stereocenters. The van der Waals surface area contributed by atoms with Crippen molar-refractivity contribution in [3.63, 3.8) is 0 Å². The number of hydrogen-bond donors (Lipinski definition) is 1. The molecule has 54 heavy (non-hydrogen) atoms. The van der Waals surface area contributed by atoms with Gasteiger partial charge in [0.05, 0.1) is 41.5 Å². The second kappa shape index (κ2) is 13.9. The Kier molecular flexibility index (Phi) is 9.50. The van der Waals surface area contributed by atoms with Crippen molar-refractivity contribution in [2.45, 2.75) is 132 Å². The van der Waals surface area contributed by atoms with Gasteiger partial charge in [0.25, 0.3) is 0 Å². The van der Waals surface area contributed by atoms with Crippen LogP contribution >= 0.6 is 11.6 Å². The summed E-state index contributed by atoms with van der Waals surface area (Å²) in [7, 11) is 0. The number of rotatable bonds is 5. The first-order valence-electron chi connectivity index (χ1n) is 19.6. The van der Waals surface area contributed by atoms with Gasteiger partial charge in [-0.3, -0.25) is 14.4 Å². The van der Waals surface area contributed by atoms with Crippen molar-refractivity contribution >= 4 is 46.3 Å². The summed E-state index contributed by atoms with van der Waals surface area (Å²) in [5.74, 6) is -0.679. The number of nitrogens with one attached hydrogen (secondary N) is 1. The van der Waals surface area contributed by atoms with E-state index in [1.807, 2.05) is 18.2 Å². The molecule has 1 spiro atoms. The first kappa shape index (κ1) is 36.9. The van der Waals surface area contributed by atoms with Crippen LogP contribution in [-0.2, 0) is 28.7 Å². The number of fused-ring (bicyclic) bond motifs is 7. The number of allylic oxidation sites excluding steroid dienone is 1. The Morgan fingerprint density at radius 3 is 2.63 bits per heavy atom. The predicted molar refractivity (Wildman–Crippen MR) is 198 cm³/mol. The van der Waals surface area contributed by atoms with Gasteiger partial charge in [0.15, 0.2) is 11.5 Å². The lowest BCUT2D eigenvalue weighted by Crippen LogP contribution is -2.54. The van der Waals surface area contributed by atoms with Crippen LogP contribution in [0.4, 0.5) is 0 Å². The molecule has 13 heteroatoms. The number of amides is 2. The zero-order valence-corrected chi connectivity index (χ0v) is 32.3. The third-order valence-electron chi connectivity index (χ3n) is 11.6. The molecule has 1 saturated heterocycles. The summed E-state index contributed by atoms with van der Waals surface area (Å²) in [5, 5.41) is 3.25. The summed E-state index contributed by atoms with van der Waals surface area (Å²) in [6.45, 7) is 7.48. The number of nitrogens with zero attached hydrogens (tertiary/aromatic N) is 2. The monoisotopic (exact) mass is 763 g/mol. The maximum atomic E-state index is 14.9. The van der Waals surface area contributed by atoms with Crippen LogP contribution in [0.15, 0.2) is 24.3 Å². The maximum Gasteiger partial charge on any atom is 0.332 e. The van der Waals surface area contributed by atoms with Gasteiger partial charge < -0.3 is 33.9 Å². The van der Waals surface area contributed by atoms with Gasteiger partial charge >= 0.3 is 11.9 Å². The second-order valence-electron chi connectivity index (χ2n) is 16.9. The van der Waals surface area contributed by atoms with Crippen molar-refractivity contribution in [1.82, 2.24) is 15.2 Å². The van der Waals surface area contributed by atoms with E-state index in [9.17, 15) is 19.2 Å². The van der Waals surface area contributed by atoms with Crippen LogP contribution in [0.3, 0.4) is 0 Å². The molecule has 4 aliphatic heterocycles. The predicted octanol–water partition coefficient (Wildman–Crippen LogP) is 6.55. The van der Waals surface area contributed by atoms with Crippen molar-refractivity contribution in [2.24, 2.45) is 11.8 Å². The molecular weight excluding hydrogens is 714 g/mol. The van der Waals surface area contributed by atoms with Crippen LogP contribution in [0, 0.1) is 11.8 Å². The number of pyridine rings is 1. The Bertz CT molecular complexity index is 1910. The van der Waals surface area contributed by atoms with Crippen LogP contribution < -0.4 is 19.5 Å². The van der Waals surface area contributed by atoms with Crippen LogP contribution in [0.1, 0.15) is 121 Å². The molecule has 2 saturated carbocycles. The Hall–Kier alpha value is -4.06. The molecule has 0 radical (unpaired) electrons. The van der Waals surface area contributed by atoms with Crippen LogP contribution in [-0.4, -0.2) is 76.4 Å². The molecule has 3 fully saturated rings. The van der Waals surface area contributed by atoms with E-state index in [0.717, 1.165) is 60.7 Å². The third-order valence-corrected chi connectivity index (χ3v) is 12.0. The van der Waals surface area contributed by atoms with E-state index in [4.69, 9.17) is 40.3 Å². The highest BCUT2D eigenvalue weighted by atomic mass is 35.5. The summed E-state index contributed by atoms with van der Waals surface area (Å²) < 4.78 is 29.9. The van der Waals surface area contributed by atoms with E-state index in [2.05, 4.69) is 11.4 Å². The number of alkyl halides is 1. The van der Waals surface area contributed by atoms with E-state index in [-0.39, 0.29) is 50.5 Å². The highest BCUT2D eigenvalue weighted by Gasteiger charge is 2.63. The molecule has 8 rings (SSSR count). The average molecular weight is 764 g/mol. The molecule has 5 heterocycles. The van der Waals surface area contributed by atoms with Crippen molar-refractivity contribution in [2.75, 3.05) is 19.9 Å². The zero-order chi connectivity index (χ0) is 38.0. The van der Waals surface area contributed by atoms with Gasteiger partial charge in [-0.1, -0.05) is 25.0 Å². The molecule has 2 amide bonds. The molecule has 6 atom stereocenters. The lowest BCUT2D eigenvalue weighted by atomic mass is 9.86. The molecule has 1 aromatic carbocycles. The Morgan fingerprint density at radius 2 is 1.87 bits per heavy atom. The van der Waals surface area contributed by atoms with Crippen molar-refractivity contribution in [3.05, 3.63) is 35.5 Å². The van der Waals surface area contributed by atoms with E-state index < -0.39 is 51.9 Å². The molecule has 2 aromatic rings. The molecule has 12 nitrogen and oxygen atoms in total. The molecule has 290 valence electrons. The minimum atomic E-state index is -1.22. The molecule has 0 bridgehead atoms. The number of ether oxygens (including phenoxy) is 5. The number of aromatic nitrogens is 1. The number of benzene rings is 1. The SMILES string of the molecule is CCOC(=O)[C@@]12C[C@H]1/C=C\CCCCC[C@H](CC(=O)OC(C)(C)C)C(=O)N1C[C@@]3(CC(Cl)c4c(c(C5CC5)nc5ccc6c(c45)OCO6)O3)C[C@H]1C(=O)N2. The lowest BCUT2D eigenvalue weighted by molar-refractivity contribution is -0.159. The Balaban J connectivity index is 1.18. The largest absolute Gasteiger partial charge is 0.483 e. The van der Waals surface area contributed by atoms with E-state index >= 15 is 0 Å². The standard InChI is InChI=1S/C41H50ClN3O9/c1-5-50-38(49)41-18-25(41)12-10-8-6-7-9-11-24(17-30(46)53-39(2,3)4)37(48)45-21-40(20-28(45)36(47)44-41)19-26(42)31-32-27(15-16-29-34(32)52-22-51-29)43-33(23-13-14-23)35(31)54-40/h10,12,15-16,23-26,28H,5-9,11,13-14,17-22H2,1-4H3,(H,44,47)/b12-10-/t24-,25-,26?,28+,40-,41-/m1/s1. The fourth-order valence-corrected chi connectivity index (χ4v) is 9.33. The smallest absolute Gasteiger partial charge is 0.332 e. The highest BCUT2D eigenvalue weighted by Crippen LogP contribution is 2.57. The normalized spacial score (nSPS) is 31.3. The summed E-state index contributed by atoms with van der Waals surface area (Å²) in [5.41, 5.74) is -0.633. The number of carbonyl (C=O) groups excluding carboxylic acids is 4. The lowest BCUT2D eigenvalue weighted by Gasteiger charge is -2.39. The molecule has 1 N–H and O–H groups in total. The van der Waals surface area contributed by atoms with E-state index in [1.165, 1.54) is 0 Å². The van der Waals surface area contributed by atoms with Crippen LogP contribution in [0.2, 0.25) is 0 Å². The molecule has 6 aliphatic rings. The third kappa shape index (κ3) is 6.88. The first-order chi connectivity index (χ1) is 25.8. The average Bonchev–Trinajstić information content (AvgIpc) is 3.99. The van der Waals surface area contributed by atoms with Crippen LogP contribution in [0.25, 0.3) is 10.9 Å². The highest BCUT2D eigenvalue weighted by molar-refractivity contribution is 6.22. The minimum absolute atomic E-state index is 0.0712. The zero-order valence-electron chi connectivity index (χ0n) is 31.5. The molecule has 2 aliphatic carbocycles. The first-order valence-corrected chi connectivity index (χ1v) is 20.0. The van der Waals surface area contributed by atoms with Crippen molar-refractivity contribution in [1.29, 1.82) is 0 Å². The molecule has 1 aromatic heterocycles. The van der Waals surface area contributed by atoms with Gasteiger partial charge in [0, 0.05) is 36.2 Å². The van der Waals surface area contributed by atoms with Gasteiger partial charge in [-0.25, -0.2) is 9.78 Å². The number of hydrogen-bond acceptors (Lipinski definition) is 10. The van der Waals surface area contributed by atoms with Gasteiger partial charge in [-0.05, 0) is 78.4 Å².